The highest BCUT2D eigenvalue weighted by Gasteiger charge is 2.40. The average Bonchev–Trinajstić information content (AvgIpc) is 1.49. The van der Waals surface area contributed by atoms with Gasteiger partial charge in [0.15, 0.2) is 0 Å². The molecule has 0 aliphatic rings. The smallest absolute Gasteiger partial charge is 0.223 e. The fourth-order valence-electron chi connectivity index (χ4n) is 0.234. The Kier molecular flexibility index (Phi) is 4.01. The summed E-state index contributed by atoms with van der Waals surface area (Å²) in [5.41, 5.74) is -9.98. The molecule has 0 saturated carbocycles. The molecule has 0 unspecified atom stereocenters. The van der Waals surface area contributed by atoms with Crippen LogP contribution in [0, 0.1) is 0 Å². The van der Waals surface area contributed by atoms with Gasteiger partial charge in [-0.25, -0.2) is 4.39 Å². The molecule has 0 fully saturated rings. The molecule has 0 aliphatic heterocycles. The quantitative estimate of drug-likeness (QED) is 0.527. The maximum Gasteiger partial charge on any atom is 0.445 e. The van der Waals surface area contributed by atoms with E-state index in [4.69, 9.17) is 0 Å². The van der Waals surface area contributed by atoms with E-state index in [1.807, 2.05) is 0 Å². The van der Waals surface area contributed by atoms with Crippen molar-refractivity contribution in [1.29, 1.82) is 0 Å². The molecule has 0 radical (unpaired) electrons. The largest absolute Gasteiger partial charge is 0.445 e. The Labute approximate surface area is 70.9 Å². The third-order valence-corrected chi connectivity index (χ3v) is 1.94. The Morgan fingerprint density at radius 1 is 0.750 bits per heavy atom. The topological polar surface area (TPSA) is 0 Å². The summed E-state index contributed by atoms with van der Waals surface area (Å²) < 4.78 is 79.2. The highest BCUT2D eigenvalue weighted by molar-refractivity contribution is 8.17. The van der Waals surface area contributed by atoms with Crippen LogP contribution < -0.4 is 0 Å². The Balaban J connectivity index is 3.83. The summed E-state index contributed by atoms with van der Waals surface area (Å²) in [6.07, 6.45) is 0. The van der Waals surface area contributed by atoms with Crippen molar-refractivity contribution in [2.45, 2.75) is 15.9 Å². The zero-order valence-corrected chi connectivity index (χ0v) is 6.67. The lowest BCUT2D eigenvalue weighted by atomic mass is 11.5. The summed E-state index contributed by atoms with van der Waals surface area (Å²) in [4.78, 5) is -3.06. The lowest BCUT2D eigenvalue weighted by Gasteiger charge is -2.11. The first-order valence-electron chi connectivity index (χ1n) is 2.23. The zero-order chi connectivity index (χ0) is 9.99. The number of alkyl halides is 7. The molecule has 0 spiro atoms. The van der Waals surface area contributed by atoms with Crippen molar-refractivity contribution in [3.8, 4) is 0 Å². The van der Waals surface area contributed by atoms with Crippen molar-refractivity contribution >= 4 is 23.5 Å². The number of halogens is 7. The van der Waals surface area contributed by atoms with Crippen LogP contribution in [0.4, 0.5) is 30.7 Å². The van der Waals surface area contributed by atoms with Gasteiger partial charge in [0, 0.05) is 0 Å². The van der Waals surface area contributed by atoms with E-state index in [1.54, 1.807) is 0 Å². The van der Waals surface area contributed by atoms with Crippen molar-refractivity contribution in [3.05, 3.63) is 0 Å². The normalized spacial score (nSPS) is 14.0. The van der Waals surface area contributed by atoms with Gasteiger partial charge in [0.05, 0.1) is 0 Å². The van der Waals surface area contributed by atoms with E-state index >= 15 is 0 Å². The first-order valence-corrected chi connectivity index (χ1v) is 3.99. The second-order valence-electron chi connectivity index (χ2n) is 1.40. The molecule has 0 bridgehead atoms. The van der Waals surface area contributed by atoms with Gasteiger partial charge in [-0.05, 0) is 23.5 Å². The molecule has 0 N–H and O–H groups in total. The van der Waals surface area contributed by atoms with Crippen LogP contribution >= 0.6 is 23.5 Å². The predicted molar refractivity (Wildman–Crippen MR) is 32.2 cm³/mol. The lowest BCUT2D eigenvalue weighted by molar-refractivity contribution is -0.0357. The molecule has 0 aliphatic carbocycles. The van der Waals surface area contributed by atoms with Gasteiger partial charge in [0.2, 0.25) is 4.84 Å². The maximum atomic E-state index is 11.9. The minimum atomic E-state index is -4.99. The van der Waals surface area contributed by atoms with Crippen LogP contribution in [0.5, 0.6) is 0 Å². The molecule has 0 saturated heterocycles. The molecule has 0 aromatic rings. The van der Waals surface area contributed by atoms with Crippen LogP contribution in [0.2, 0.25) is 0 Å². The van der Waals surface area contributed by atoms with E-state index in [1.165, 1.54) is 0 Å². The Morgan fingerprint density at radius 3 is 1.17 bits per heavy atom. The second-order valence-corrected chi connectivity index (χ2v) is 3.92. The molecule has 12 heavy (non-hydrogen) atoms. The van der Waals surface area contributed by atoms with E-state index < -0.39 is 39.4 Å². The maximum absolute atomic E-state index is 11.9. The number of thioether (sulfide) groups is 2. The van der Waals surface area contributed by atoms with Gasteiger partial charge in [0.25, 0.3) is 0 Å². The molecular formula is C3HF7S2. The van der Waals surface area contributed by atoms with Crippen molar-refractivity contribution < 1.29 is 30.7 Å². The molecular weight excluding hydrogens is 233 g/mol. The molecule has 0 heterocycles. The van der Waals surface area contributed by atoms with E-state index in [0.717, 1.165) is 0 Å². The van der Waals surface area contributed by atoms with Gasteiger partial charge in [0.1, 0.15) is 0 Å². The van der Waals surface area contributed by atoms with Crippen molar-refractivity contribution in [1.82, 2.24) is 0 Å². The van der Waals surface area contributed by atoms with Gasteiger partial charge < -0.3 is 0 Å². The summed E-state index contributed by atoms with van der Waals surface area (Å²) in [7, 11) is 0. The first-order chi connectivity index (χ1) is 5.10. The van der Waals surface area contributed by atoms with Crippen molar-refractivity contribution in [2.24, 2.45) is 0 Å². The van der Waals surface area contributed by atoms with E-state index in [9.17, 15) is 30.7 Å². The van der Waals surface area contributed by atoms with Crippen LogP contribution in [0.15, 0.2) is 0 Å². The molecule has 0 rings (SSSR count). The predicted octanol–water partition coefficient (Wildman–Crippen LogP) is 3.75. The minimum absolute atomic E-state index is 1.34. The molecule has 0 amide bonds. The van der Waals surface area contributed by atoms with Crippen LogP contribution in [0.1, 0.15) is 0 Å². The van der Waals surface area contributed by atoms with Crippen molar-refractivity contribution in [2.75, 3.05) is 0 Å². The minimum Gasteiger partial charge on any atom is -0.223 e. The molecule has 0 nitrogen and oxygen atoms in total. The van der Waals surface area contributed by atoms with Crippen LogP contribution in [-0.2, 0) is 0 Å². The number of hydrogen-bond donors (Lipinski definition) is 0. The Bertz CT molecular complexity index is 121. The highest BCUT2D eigenvalue weighted by Crippen LogP contribution is 2.45. The summed E-state index contributed by atoms with van der Waals surface area (Å²) >= 11 is -2.68. The summed E-state index contributed by atoms with van der Waals surface area (Å²) in [5.74, 6) is 0. The lowest BCUT2D eigenvalue weighted by Crippen LogP contribution is -2.10. The highest BCUT2D eigenvalue weighted by atomic mass is 32.2. The SMILES string of the molecule is FC(SC(F)(F)F)SC(F)(F)F. The van der Waals surface area contributed by atoms with Gasteiger partial charge in [-0.2, -0.15) is 26.3 Å². The number of rotatable bonds is 2. The molecule has 0 atom stereocenters. The standard InChI is InChI=1S/C3HF7S2/c4-1(11-2(5,6)7)12-3(8,9)10/h1H. The molecule has 9 heteroatoms. The van der Waals surface area contributed by atoms with E-state index in [2.05, 4.69) is 0 Å². The molecule has 74 valence electrons. The summed E-state index contributed by atoms with van der Waals surface area (Å²) in [5, 5.41) is 0. The molecule has 0 aromatic carbocycles. The van der Waals surface area contributed by atoms with Crippen molar-refractivity contribution in [3.63, 3.8) is 0 Å². The fourth-order valence-corrected chi connectivity index (χ4v) is 1.50. The third-order valence-electron chi connectivity index (χ3n) is 0.453. The third kappa shape index (κ3) is 8.31. The van der Waals surface area contributed by atoms with Gasteiger partial charge in [-0.3, -0.25) is 0 Å². The Morgan fingerprint density at radius 2 is 1.00 bits per heavy atom. The monoisotopic (exact) mass is 234 g/mol. The van der Waals surface area contributed by atoms with Crippen LogP contribution in [0.3, 0.4) is 0 Å². The van der Waals surface area contributed by atoms with E-state index in [0.29, 0.717) is 0 Å². The van der Waals surface area contributed by atoms with E-state index in [-0.39, 0.29) is 0 Å². The zero-order valence-electron chi connectivity index (χ0n) is 5.04. The number of hydrogen-bond acceptors (Lipinski definition) is 2. The molecule has 0 aromatic heterocycles. The fraction of sp³-hybridized carbons (Fsp3) is 1.00. The van der Waals surface area contributed by atoms with Gasteiger partial charge >= 0.3 is 11.0 Å². The summed E-state index contributed by atoms with van der Waals surface area (Å²) in [6, 6.07) is 0. The Hall–Kier alpha value is 0.210. The second kappa shape index (κ2) is 3.95. The van der Waals surface area contributed by atoms with Crippen LogP contribution in [-0.4, -0.2) is 15.9 Å². The van der Waals surface area contributed by atoms with Crippen LogP contribution in [0.25, 0.3) is 0 Å². The summed E-state index contributed by atoms with van der Waals surface area (Å²) in [6.45, 7) is 0. The average molecular weight is 234 g/mol. The van der Waals surface area contributed by atoms with Gasteiger partial charge in [-0.1, -0.05) is 0 Å². The van der Waals surface area contributed by atoms with Gasteiger partial charge in [-0.15, -0.1) is 0 Å². The first kappa shape index (κ1) is 12.2.